The average Bonchev–Trinajstić information content (AvgIpc) is 3.86. The van der Waals surface area contributed by atoms with E-state index in [1.807, 2.05) is 18.2 Å². The van der Waals surface area contributed by atoms with E-state index in [9.17, 15) is 9.59 Å². The van der Waals surface area contributed by atoms with Crippen LogP contribution in [0.15, 0.2) is 66.1 Å². The first-order chi connectivity index (χ1) is 21.5. The van der Waals surface area contributed by atoms with Crippen molar-refractivity contribution in [2.75, 3.05) is 52.5 Å². The van der Waals surface area contributed by atoms with Crippen LogP contribution in [0.3, 0.4) is 0 Å². The molecule has 1 unspecified atom stereocenters. The van der Waals surface area contributed by atoms with Gasteiger partial charge in [-0.05, 0) is 61.6 Å². The molecule has 2 aromatic rings. The molecular formula is C33H38ClN5O5. The van der Waals surface area contributed by atoms with E-state index in [0.29, 0.717) is 49.1 Å². The van der Waals surface area contributed by atoms with E-state index in [4.69, 9.17) is 25.8 Å². The van der Waals surface area contributed by atoms with Crippen molar-refractivity contribution in [3.05, 3.63) is 71.6 Å². The lowest BCUT2D eigenvalue weighted by atomic mass is 9.96. The lowest BCUT2D eigenvalue weighted by molar-refractivity contribution is -0.125. The maximum Gasteiger partial charge on any atom is 0.315 e. The molecule has 44 heavy (non-hydrogen) atoms. The second kappa shape index (κ2) is 13.8. The third-order valence-corrected chi connectivity index (χ3v) is 8.60. The molecule has 1 aromatic carbocycles. The zero-order chi connectivity index (χ0) is 30.5. The highest BCUT2D eigenvalue weighted by Gasteiger charge is 2.26. The molecule has 1 aromatic heterocycles. The molecule has 2 N–H and O–H groups in total. The Hall–Kier alpha value is -3.86. The number of urea groups is 1. The van der Waals surface area contributed by atoms with Crippen molar-refractivity contribution in [3.8, 4) is 11.5 Å². The quantitative estimate of drug-likeness (QED) is 0.381. The Labute approximate surface area is 262 Å². The van der Waals surface area contributed by atoms with Crippen molar-refractivity contribution in [1.82, 2.24) is 25.4 Å². The van der Waals surface area contributed by atoms with E-state index in [-0.39, 0.29) is 24.0 Å². The Morgan fingerprint density at radius 3 is 2.70 bits per heavy atom. The third kappa shape index (κ3) is 7.43. The molecule has 2 aliphatic heterocycles. The molecule has 1 saturated heterocycles. The van der Waals surface area contributed by atoms with E-state index in [1.165, 1.54) is 6.08 Å². The largest absolute Gasteiger partial charge is 0.492 e. The fourth-order valence-electron chi connectivity index (χ4n) is 5.54. The number of nitrogens with zero attached hydrogens (tertiary/aromatic N) is 3. The van der Waals surface area contributed by atoms with E-state index in [1.54, 1.807) is 17.2 Å². The zero-order valence-electron chi connectivity index (χ0n) is 24.7. The number of hydrogen-bond donors (Lipinski definition) is 2. The van der Waals surface area contributed by atoms with Crippen molar-refractivity contribution < 1.29 is 23.8 Å². The minimum atomic E-state index is -0.300. The molecule has 2 aliphatic carbocycles. The second-order valence-corrected chi connectivity index (χ2v) is 11.8. The normalized spacial score (nSPS) is 20.7. The summed E-state index contributed by atoms with van der Waals surface area (Å²) in [5.41, 5.74) is 2.81. The maximum absolute atomic E-state index is 12.2. The van der Waals surface area contributed by atoms with Crippen molar-refractivity contribution in [1.29, 1.82) is 0 Å². The molecule has 3 heterocycles. The number of aromatic nitrogens is 1. The summed E-state index contributed by atoms with van der Waals surface area (Å²) < 4.78 is 18.2. The number of nitrogens with one attached hydrogen (secondary N) is 2. The molecule has 0 bridgehead atoms. The van der Waals surface area contributed by atoms with Gasteiger partial charge in [-0.1, -0.05) is 24.3 Å². The monoisotopic (exact) mass is 619 g/mol. The van der Waals surface area contributed by atoms with Gasteiger partial charge >= 0.3 is 6.03 Å². The Morgan fingerprint density at radius 2 is 1.98 bits per heavy atom. The molecule has 0 spiro atoms. The molecular weight excluding hydrogens is 582 g/mol. The van der Waals surface area contributed by atoms with Crippen LogP contribution in [0.25, 0.3) is 16.5 Å². The number of amides is 3. The predicted molar refractivity (Wildman–Crippen MR) is 170 cm³/mol. The third-order valence-electron chi connectivity index (χ3n) is 8.23. The summed E-state index contributed by atoms with van der Waals surface area (Å²) in [7, 11) is 0. The number of hydrogen-bond acceptors (Lipinski definition) is 7. The number of ether oxygens (including phenoxy) is 3. The standard InChI is InChI=1S/C33H38ClN5O5/c1-2-32(40)39-11-8-22(9-12-39)25-20-26-29(21-31(25)43-18-15-38-13-16-42-17-14-38)35-10-7-30(26)44-24-5-6-28(27(34)19-24)37-33(41)36-23-3-4-23/h2,5,7-8,10,19-21,23,28H,1,3-4,6,9,11-18H2,(H2,36,37,41). The Kier molecular flexibility index (Phi) is 9.49. The number of morpholine rings is 1. The Morgan fingerprint density at radius 1 is 1.14 bits per heavy atom. The maximum atomic E-state index is 12.2. The van der Waals surface area contributed by atoms with Crippen LogP contribution in [0.5, 0.6) is 11.5 Å². The SMILES string of the molecule is C=CC(=O)N1CC=C(c2cc3c(OC4=CCC(NC(=O)NC5CC5)C(Cl)=C4)ccnc3cc2OCCN2CCOCC2)CC1. The van der Waals surface area contributed by atoms with Crippen LogP contribution in [0.2, 0.25) is 0 Å². The molecule has 1 atom stereocenters. The average molecular weight is 620 g/mol. The summed E-state index contributed by atoms with van der Waals surface area (Å²) in [5.74, 6) is 1.92. The van der Waals surface area contributed by atoms with Gasteiger partial charge in [0.25, 0.3) is 0 Å². The number of fused-ring (bicyclic) bond motifs is 1. The summed E-state index contributed by atoms with van der Waals surface area (Å²) in [6.07, 6.45) is 12.1. The van der Waals surface area contributed by atoms with Gasteiger partial charge in [0.15, 0.2) is 0 Å². The molecule has 0 radical (unpaired) electrons. The van der Waals surface area contributed by atoms with E-state index >= 15 is 0 Å². The number of carbonyl (C=O) groups is 2. The van der Waals surface area contributed by atoms with Gasteiger partial charge in [-0.3, -0.25) is 14.7 Å². The van der Waals surface area contributed by atoms with Gasteiger partial charge in [0.05, 0.1) is 24.8 Å². The number of rotatable bonds is 10. The first kappa shape index (κ1) is 30.2. The highest BCUT2D eigenvalue weighted by molar-refractivity contribution is 6.30. The summed E-state index contributed by atoms with van der Waals surface area (Å²) >= 11 is 6.57. The van der Waals surface area contributed by atoms with Crippen LogP contribution in [0, 0.1) is 0 Å². The molecule has 232 valence electrons. The van der Waals surface area contributed by atoms with Crippen LogP contribution in [-0.4, -0.2) is 91.4 Å². The fraction of sp³-hybridized carbons (Fsp3) is 0.424. The van der Waals surface area contributed by atoms with Gasteiger partial charge in [0.2, 0.25) is 5.91 Å². The van der Waals surface area contributed by atoms with Crippen LogP contribution in [0.1, 0.15) is 31.2 Å². The number of pyridine rings is 1. The zero-order valence-corrected chi connectivity index (χ0v) is 25.5. The molecule has 3 amide bonds. The van der Waals surface area contributed by atoms with Crippen LogP contribution >= 0.6 is 11.6 Å². The van der Waals surface area contributed by atoms with Crippen LogP contribution < -0.4 is 20.1 Å². The summed E-state index contributed by atoms with van der Waals surface area (Å²) in [5, 5.41) is 7.21. The van der Waals surface area contributed by atoms with Crippen molar-refractivity contribution in [3.63, 3.8) is 0 Å². The van der Waals surface area contributed by atoms with Crippen LogP contribution in [0.4, 0.5) is 4.79 Å². The summed E-state index contributed by atoms with van der Waals surface area (Å²) in [6.45, 7) is 9.34. The second-order valence-electron chi connectivity index (χ2n) is 11.4. The van der Waals surface area contributed by atoms with E-state index in [0.717, 1.165) is 73.5 Å². The Bertz CT molecular complexity index is 1510. The van der Waals surface area contributed by atoms with Crippen molar-refractivity contribution >= 4 is 40.0 Å². The summed E-state index contributed by atoms with van der Waals surface area (Å²) in [6, 6.07) is 5.64. The van der Waals surface area contributed by atoms with Gasteiger partial charge in [-0.15, -0.1) is 0 Å². The minimum absolute atomic E-state index is 0.0749. The predicted octanol–water partition coefficient (Wildman–Crippen LogP) is 4.37. The molecule has 1 saturated carbocycles. The van der Waals surface area contributed by atoms with Gasteiger partial charge in [-0.25, -0.2) is 4.79 Å². The van der Waals surface area contributed by atoms with Crippen LogP contribution in [-0.2, 0) is 9.53 Å². The number of allylic oxidation sites excluding steroid dienone is 1. The van der Waals surface area contributed by atoms with Crippen molar-refractivity contribution in [2.45, 2.75) is 37.8 Å². The topological polar surface area (TPSA) is 105 Å². The fourth-order valence-corrected chi connectivity index (χ4v) is 5.79. The molecule has 11 heteroatoms. The molecule has 6 rings (SSSR count). The number of halogens is 1. The van der Waals surface area contributed by atoms with E-state index in [2.05, 4.69) is 39.2 Å². The lowest BCUT2D eigenvalue weighted by Gasteiger charge is -2.28. The minimum Gasteiger partial charge on any atom is -0.492 e. The van der Waals surface area contributed by atoms with Gasteiger partial charge in [-0.2, -0.15) is 0 Å². The summed E-state index contributed by atoms with van der Waals surface area (Å²) in [4.78, 5) is 33.1. The number of benzene rings is 1. The van der Waals surface area contributed by atoms with Gasteiger partial charge in [0, 0.05) is 67.0 Å². The first-order valence-corrected chi connectivity index (χ1v) is 15.6. The molecule has 2 fully saturated rings. The number of carbonyl (C=O) groups excluding carboxylic acids is 2. The molecule has 10 nitrogen and oxygen atoms in total. The molecule has 4 aliphatic rings. The van der Waals surface area contributed by atoms with Gasteiger partial charge in [0.1, 0.15) is 23.9 Å². The van der Waals surface area contributed by atoms with E-state index < -0.39 is 0 Å². The van der Waals surface area contributed by atoms with Gasteiger partial charge < -0.3 is 29.7 Å². The highest BCUT2D eigenvalue weighted by Crippen LogP contribution is 2.38. The Balaban J connectivity index is 1.22. The highest BCUT2D eigenvalue weighted by atomic mass is 35.5. The lowest BCUT2D eigenvalue weighted by Crippen LogP contribution is -2.43. The van der Waals surface area contributed by atoms with Crippen molar-refractivity contribution in [2.24, 2.45) is 0 Å². The smallest absolute Gasteiger partial charge is 0.315 e. The first-order valence-electron chi connectivity index (χ1n) is 15.3.